The van der Waals surface area contributed by atoms with E-state index in [2.05, 4.69) is 31.4 Å². The van der Waals surface area contributed by atoms with E-state index in [0.717, 1.165) is 24.8 Å². The van der Waals surface area contributed by atoms with Crippen molar-refractivity contribution in [3.63, 3.8) is 0 Å². The topological polar surface area (TPSA) is 71.3 Å². The molecule has 31 heavy (non-hydrogen) atoms. The van der Waals surface area contributed by atoms with Gasteiger partial charge in [-0.25, -0.2) is 0 Å². The van der Waals surface area contributed by atoms with Crippen LogP contribution in [0, 0.1) is 11.3 Å². The second-order valence-corrected chi connectivity index (χ2v) is 10.2. The second kappa shape index (κ2) is 8.71. The number of hydrogen-bond acceptors (Lipinski definition) is 4. The van der Waals surface area contributed by atoms with Gasteiger partial charge in [0.1, 0.15) is 10.8 Å². The number of amides is 2. The maximum atomic E-state index is 13.2. The first kappa shape index (κ1) is 21.4. The van der Waals surface area contributed by atoms with Gasteiger partial charge in [-0.3, -0.25) is 9.59 Å². The second-order valence-electron chi connectivity index (χ2n) is 9.10. The lowest BCUT2D eigenvalue weighted by atomic mass is 9.72. The Balaban J connectivity index is 1.63. The van der Waals surface area contributed by atoms with Gasteiger partial charge >= 0.3 is 0 Å². The molecule has 4 rings (SSSR count). The summed E-state index contributed by atoms with van der Waals surface area (Å²) >= 11 is 1.54. The molecule has 2 aromatic heterocycles. The number of nitrogens with one attached hydrogen (secondary N) is 2. The van der Waals surface area contributed by atoms with E-state index in [9.17, 15) is 9.59 Å². The van der Waals surface area contributed by atoms with E-state index in [1.807, 2.05) is 24.3 Å². The van der Waals surface area contributed by atoms with Crippen LogP contribution >= 0.6 is 11.3 Å². The molecule has 1 aromatic carbocycles. The van der Waals surface area contributed by atoms with Gasteiger partial charge in [-0.2, -0.15) is 0 Å². The van der Waals surface area contributed by atoms with Crippen LogP contribution in [0.2, 0.25) is 0 Å². The van der Waals surface area contributed by atoms with E-state index in [1.54, 1.807) is 35.8 Å². The van der Waals surface area contributed by atoms with Crippen molar-refractivity contribution in [2.75, 3.05) is 5.32 Å². The van der Waals surface area contributed by atoms with E-state index in [-0.39, 0.29) is 17.2 Å². The van der Waals surface area contributed by atoms with Crippen LogP contribution in [-0.4, -0.2) is 11.8 Å². The van der Waals surface area contributed by atoms with Gasteiger partial charge in [0.25, 0.3) is 11.8 Å². The van der Waals surface area contributed by atoms with Gasteiger partial charge in [0.2, 0.25) is 0 Å². The van der Waals surface area contributed by atoms with E-state index < -0.39 is 0 Å². The molecule has 0 aliphatic heterocycles. The molecule has 0 radical (unpaired) electrons. The molecule has 2 amide bonds. The summed E-state index contributed by atoms with van der Waals surface area (Å²) in [7, 11) is 0. The van der Waals surface area contributed by atoms with Crippen LogP contribution in [0.15, 0.2) is 53.1 Å². The Morgan fingerprint density at radius 3 is 2.55 bits per heavy atom. The van der Waals surface area contributed by atoms with Gasteiger partial charge in [0.15, 0.2) is 0 Å². The third-order valence-corrected chi connectivity index (χ3v) is 7.15. The van der Waals surface area contributed by atoms with Crippen molar-refractivity contribution in [1.82, 2.24) is 5.32 Å². The van der Waals surface area contributed by atoms with Crippen molar-refractivity contribution < 1.29 is 14.0 Å². The van der Waals surface area contributed by atoms with E-state index >= 15 is 0 Å². The highest BCUT2D eigenvalue weighted by molar-refractivity contribution is 7.17. The van der Waals surface area contributed by atoms with E-state index in [0.29, 0.717) is 34.4 Å². The number of fused-ring (bicyclic) bond motifs is 1. The van der Waals surface area contributed by atoms with E-state index in [1.165, 1.54) is 4.88 Å². The van der Waals surface area contributed by atoms with Gasteiger partial charge in [0.05, 0.1) is 18.4 Å². The lowest BCUT2D eigenvalue weighted by molar-refractivity contribution is 0.0947. The first-order valence-electron chi connectivity index (χ1n) is 10.6. The van der Waals surface area contributed by atoms with Crippen molar-refractivity contribution in [1.29, 1.82) is 0 Å². The van der Waals surface area contributed by atoms with Crippen LogP contribution < -0.4 is 10.6 Å². The molecule has 162 valence electrons. The molecule has 5 nitrogen and oxygen atoms in total. The number of furan rings is 1. The normalized spacial score (nSPS) is 15.9. The lowest BCUT2D eigenvalue weighted by Crippen LogP contribution is -2.28. The zero-order valence-corrected chi connectivity index (χ0v) is 19.0. The highest BCUT2D eigenvalue weighted by atomic mass is 32.1. The largest absolute Gasteiger partial charge is 0.467 e. The smallest absolute Gasteiger partial charge is 0.256 e. The first-order valence-corrected chi connectivity index (χ1v) is 11.5. The standard InChI is InChI=1S/C25H28N2O3S/c1-25(2,3)17-11-12-19-20(14-17)31-24(27-22(28)16-8-5-4-6-9-16)21(19)23(29)26-15-18-10-7-13-30-18/h4-10,13,17H,11-12,14-15H2,1-3H3,(H,26,29)(H,27,28)/t17-/m0/s1. The summed E-state index contributed by atoms with van der Waals surface area (Å²) in [5.74, 6) is 0.869. The third kappa shape index (κ3) is 4.74. The molecule has 1 atom stereocenters. The van der Waals surface area contributed by atoms with E-state index in [4.69, 9.17) is 4.42 Å². The molecule has 0 unspecified atom stereocenters. The highest BCUT2D eigenvalue weighted by Crippen LogP contribution is 2.44. The Morgan fingerprint density at radius 1 is 1.10 bits per heavy atom. The third-order valence-electron chi connectivity index (χ3n) is 5.98. The van der Waals surface area contributed by atoms with Crippen LogP contribution in [-0.2, 0) is 19.4 Å². The van der Waals surface area contributed by atoms with Crippen molar-refractivity contribution in [3.05, 3.63) is 76.1 Å². The van der Waals surface area contributed by atoms with Crippen LogP contribution in [0.5, 0.6) is 0 Å². The van der Waals surface area contributed by atoms with Gasteiger partial charge in [0, 0.05) is 10.4 Å². The Bertz CT molecular complexity index is 1060. The van der Waals surface area contributed by atoms with Crippen molar-refractivity contribution >= 4 is 28.2 Å². The molecular weight excluding hydrogens is 408 g/mol. The quantitative estimate of drug-likeness (QED) is 0.541. The summed E-state index contributed by atoms with van der Waals surface area (Å²) < 4.78 is 5.34. The maximum Gasteiger partial charge on any atom is 0.256 e. The number of anilines is 1. The summed E-state index contributed by atoms with van der Waals surface area (Å²) in [5, 5.41) is 6.59. The van der Waals surface area contributed by atoms with Gasteiger partial charge in [-0.05, 0) is 60.4 Å². The summed E-state index contributed by atoms with van der Waals surface area (Å²) in [6.45, 7) is 7.12. The molecule has 0 fully saturated rings. The van der Waals surface area contributed by atoms with Crippen LogP contribution in [0.4, 0.5) is 5.00 Å². The number of carbonyl (C=O) groups excluding carboxylic acids is 2. The fraction of sp³-hybridized carbons (Fsp3) is 0.360. The predicted octanol–water partition coefficient (Wildman–Crippen LogP) is 5.67. The molecule has 2 N–H and O–H groups in total. The number of thiophene rings is 1. The summed E-state index contributed by atoms with van der Waals surface area (Å²) in [6, 6.07) is 12.7. The average molecular weight is 437 g/mol. The Kier molecular flexibility index (Phi) is 6.01. The zero-order chi connectivity index (χ0) is 22.0. The number of benzene rings is 1. The number of rotatable bonds is 5. The fourth-order valence-corrected chi connectivity index (χ4v) is 5.41. The molecule has 0 saturated carbocycles. The Hall–Kier alpha value is -2.86. The molecule has 2 heterocycles. The molecule has 6 heteroatoms. The first-order chi connectivity index (χ1) is 14.8. The summed E-state index contributed by atoms with van der Waals surface area (Å²) in [4.78, 5) is 27.2. The number of carbonyl (C=O) groups is 2. The van der Waals surface area contributed by atoms with Crippen LogP contribution in [0.25, 0.3) is 0 Å². The minimum atomic E-state index is -0.202. The Morgan fingerprint density at radius 2 is 1.87 bits per heavy atom. The van der Waals surface area contributed by atoms with Crippen molar-refractivity contribution in [2.45, 2.75) is 46.6 Å². The van der Waals surface area contributed by atoms with Crippen molar-refractivity contribution in [2.24, 2.45) is 11.3 Å². The molecule has 0 spiro atoms. The molecular formula is C25H28N2O3S. The predicted molar refractivity (Wildman–Crippen MR) is 124 cm³/mol. The fourth-order valence-electron chi connectivity index (χ4n) is 4.09. The molecule has 1 aliphatic carbocycles. The molecule has 1 aliphatic rings. The minimum absolute atomic E-state index is 0.175. The Labute approximate surface area is 186 Å². The van der Waals surface area contributed by atoms with Gasteiger partial charge in [-0.15, -0.1) is 11.3 Å². The molecule has 0 bridgehead atoms. The van der Waals surface area contributed by atoms with Crippen LogP contribution in [0.3, 0.4) is 0 Å². The lowest BCUT2D eigenvalue weighted by Gasteiger charge is -2.33. The zero-order valence-electron chi connectivity index (χ0n) is 18.2. The van der Waals surface area contributed by atoms with Crippen LogP contribution in [0.1, 0.15) is 64.1 Å². The average Bonchev–Trinajstić information content (AvgIpc) is 3.39. The maximum absolute atomic E-state index is 13.2. The van der Waals surface area contributed by atoms with Gasteiger partial charge < -0.3 is 15.1 Å². The summed E-state index contributed by atoms with van der Waals surface area (Å²) in [6.07, 6.45) is 4.41. The number of hydrogen-bond donors (Lipinski definition) is 2. The minimum Gasteiger partial charge on any atom is -0.467 e. The monoisotopic (exact) mass is 436 g/mol. The highest BCUT2D eigenvalue weighted by Gasteiger charge is 2.34. The van der Waals surface area contributed by atoms with Crippen molar-refractivity contribution in [3.8, 4) is 0 Å². The SMILES string of the molecule is CC(C)(C)[C@H]1CCc2c(sc(NC(=O)c3ccccc3)c2C(=O)NCc2ccco2)C1. The van der Waals surface area contributed by atoms with Gasteiger partial charge in [-0.1, -0.05) is 39.0 Å². The molecule has 0 saturated heterocycles. The summed E-state index contributed by atoms with van der Waals surface area (Å²) in [5.41, 5.74) is 2.45. The molecule has 3 aromatic rings.